The fourth-order valence-corrected chi connectivity index (χ4v) is 3.24. The summed E-state index contributed by atoms with van der Waals surface area (Å²) in [5.74, 6) is 0.630. The molecule has 0 bridgehead atoms. The zero-order valence-corrected chi connectivity index (χ0v) is 12.7. The molecule has 0 aromatic carbocycles. The fraction of sp³-hybridized carbons (Fsp3) is 0.667. The minimum Gasteiger partial charge on any atom is -0.397 e. The maximum absolute atomic E-state index is 12.1. The van der Waals surface area contributed by atoms with Crippen LogP contribution in [0.25, 0.3) is 0 Å². The van der Waals surface area contributed by atoms with Gasteiger partial charge in [0, 0.05) is 24.0 Å². The molecule has 0 aliphatic heterocycles. The van der Waals surface area contributed by atoms with Crippen molar-refractivity contribution >= 4 is 11.6 Å². The highest BCUT2D eigenvalue weighted by Gasteiger charge is 2.37. The first kappa shape index (κ1) is 14.9. The first-order chi connectivity index (χ1) is 9.43. The summed E-state index contributed by atoms with van der Waals surface area (Å²) in [7, 11) is 4.22. The third-order valence-corrected chi connectivity index (χ3v) is 4.54. The number of likely N-dealkylation sites (N-methyl/N-ethyl adjacent to an activating group) is 1. The highest BCUT2D eigenvalue weighted by Crippen LogP contribution is 2.35. The second-order valence-corrected chi connectivity index (χ2v) is 6.35. The summed E-state index contributed by atoms with van der Waals surface area (Å²) >= 11 is 0. The van der Waals surface area contributed by atoms with Crippen LogP contribution in [0.2, 0.25) is 0 Å². The third-order valence-electron chi connectivity index (χ3n) is 4.54. The van der Waals surface area contributed by atoms with E-state index in [1.807, 2.05) is 0 Å². The van der Waals surface area contributed by atoms with Crippen molar-refractivity contribution in [3.05, 3.63) is 18.0 Å². The SMILES string of the molecule is CC1CCCC(CNC(=O)c2cc(N)c[nH]2)(N(C)C)C1. The van der Waals surface area contributed by atoms with Gasteiger partial charge in [-0.25, -0.2) is 0 Å². The Morgan fingerprint density at radius 3 is 2.90 bits per heavy atom. The zero-order chi connectivity index (χ0) is 14.8. The smallest absolute Gasteiger partial charge is 0.267 e. The molecular formula is C15H26N4O. The number of aromatic amines is 1. The molecular weight excluding hydrogens is 252 g/mol. The summed E-state index contributed by atoms with van der Waals surface area (Å²) in [5.41, 5.74) is 6.82. The number of amides is 1. The average molecular weight is 278 g/mol. The number of H-pyrrole nitrogens is 1. The van der Waals surface area contributed by atoms with Crippen LogP contribution in [-0.2, 0) is 0 Å². The van der Waals surface area contributed by atoms with Gasteiger partial charge in [-0.3, -0.25) is 4.79 Å². The summed E-state index contributed by atoms with van der Waals surface area (Å²) in [6.45, 7) is 2.98. The Labute approximate surface area is 120 Å². The lowest BCUT2D eigenvalue weighted by Gasteiger charge is -2.45. The summed E-state index contributed by atoms with van der Waals surface area (Å²) in [4.78, 5) is 17.3. The van der Waals surface area contributed by atoms with Crippen molar-refractivity contribution in [2.24, 2.45) is 5.92 Å². The van der Waals surface area contributed by atoms with Gasteiger partial charge >= 0.3 is 0 Å². The molecule has 0 saturated heterocycles. The van der Waals surface area contributed by atoms with Crippen LogP contribution >= 0.6 is 0 Å². The van der Waals surface area contributed by atoms with Crippen LogP contribution in [0.15, 0.2) is 12.3 Å². The maximum atomic E-state index is 12.1. The molecule has 1 heterocycles. The molecule has 2 unspecified atom stereocenters. The maximum Gasteiger partial charge on any atom is 0.267 e. The number of hydrogen-bond donors (Lipinski definition) is 3. The molecule has 2 rings (SSSR count). The van der Waals surface area contributed by atoms with E-state index in [2.05, 4.69) is 36.2 Å². The van der Waals surface area contributed by atoms with Crippen molar-refractivity contribution in [1.82, 2.24) is 15.2 Å². The van der Waals surface area contributed by atoms with Gasteiger partial charge in [-0.05, 0) is 38.9 Å². The number of carbonyl (C=O) groups excluding carboxylic acids is 1. The number of nitrogen functional groups attached to an aromatic ring is 1. The van der Waals surface area contributed by atoms with Crippen LogP contribution in [0.1, 0.15) is 43.1 Å². The van der Waals surface area contributed by atoms with Crippen molar-refractivity contribution < 1.29 is 4.79 Å². The lowest BCUT2D eigenvalue weighted by atomic mass is 9.75. The summed E-state index contributed by atoms with van der Waals surface area (Å²) in [6, 6.07) is 1.67. The van der Waals surface area contributed by atoms with Crippen LogP contribution in [-0.4, -0.2) is 42.0 Å². The van der Waals surface area contributed by atoms with Gasteiger partial charge in [0.2, 0.25) is 0 Å². The van der Waals surface area contributed by atoms with Gasteiger partial charge in [0.15, 0.2) is 0 Å². The van der Waals surface area contributed by atoms with Crippen LogP contribution in [0.4, 0.5) is 5.69 Å². The Morgan fingerprint density at radius 2 is 2.35 bits per heavy atom. The van der Waals surface area contributed by atoms with Crippen molar-refractivity contribution in [1.29, 1.82) is 0 Å². The molecule has 1 amide bonds. The third kappa shape index (κ3) is 3.15. The predicted molar refractivity (Wildman–Crippen MR) is 81.6 cm³/mol. The number of rotatable bonds is 4. The normalized spacial score (nSPS) is 26.7. The van der Waals surface area contributed by atoms with Crippen molar-refractivity contribution in [3.63, 3.8) is 0 Å². The lowest BCUT2D eigenvalue weighted by molar-refractivity contribution is 0.0673. The van der Waals surface area contributed by atoms with Crippen LogP contribution in [0.3, 0.4) is 0 Å². The van der Waals surface area contributed by atoms with Gasteiger partial charge in [-0.1, -0.05) is 19.8 Å². The minimum absolute atomic E-state index is 0.0749. The summed E-state index contributed by atoms with van der Waals surface area (Å²) < 4.78 is 0. The van der Waals surface area contributed by atoms with Crippen molar-refractivity contribution in [2.45, 2.75) is 38.1 Å². The molecule has 112 valence electrons. The van der Waals surface area contributed by atoms with Gasteiger partial charge in [0.25, 0.3) is 5.91 Å². The number of nitrogens with one attached hydrogen (secondary N) is 2. The number of aromatic nitrogens is 1. The second kappa shape index (κ2) is 5.87. The minimum atomic E-state index is -0.0823. The van der Waals surface area contributed by atoms with Crippen molar-refractivity contribution in [3.8, 4) is 0 Å². The Bertz CT molecular complexity index is 468. The highest BCUT2D eigenvalue weighted by molar-refractivity contribution is 5.93. The summed E-state index contributed by atoms with van der Waals surface area (Å²) in [5, 5.41) is 3.06. The molecule has 5 heteroatoms. The Kier molecular flexibility index (Phi) is 4.38. The topological polar surface area (TPSA) is 74.1 Å². The van der Waals surface area contributed by atoms with Gasteiger partial charge in [0.1, 0.15) is 5.69 Å². The van der Waals surface area contributed by atoms with E-state index in [1.165, 1.54) is 12.8 Å². The Morgan fingerprint density at radius 1 is 1.60 bits per heavy atom. The zero-order valence-electron chi connectivity index (χ0n) is 12.7. The molecule has 1 aromatic heterocycles. The Balaban J connectivity index is 2.00. The number of carbonyl (C=O) groups is 1. The van der Waals surface area contributed by atoms with Crippen LogP contribution in [0, 0.1) is 5.92 Å². The first-order valence-corrected chi connectivity index (χ1v) is 7.32. The predicted octanol–water partition coefficient (Wildman–Crippen LogP) is 1.84. The largest absolute Gasteiger partial charge is 0.397 e. The van der Waals surface area contributed by atoms with E-state index >= 15 is 0 Å². The molecule has 1 fully saturated rings. The van der Waals surface area contributed by atoms with E-state index in [0.29, 0.717) is 23.8 Å². The fourth-order valence-electron chi connectivity index (χ4n) is 3.24. The molecule has 0 radical (unpaired) electrons. The van der Waals surface area contributed by atoms with Crippen LogP contribution in [0.5, 0.6) is 0 Å². The Hall–Kier alpha value is -1.49. The van der Waals surface area contributed by atoms with Crippen molar-refractivity contribution in [2.75, 3.05) is 26.4 Å². The molecule has 1 aliphatic carbocycles. The van der Waals surface area contributed by atoms with E-state index < -0.39 is 0 Å². The second-order valence-electron chi connectivity index (χ2n) is 6.35. The highest BCUT2D eigenvalue weighted by atomic mass is 16.1. The van der Waals surface area contributed by atoms with E-state index in [-0.39, 0.29) is 11.4 Å². The van der Waals surface area contributed by atoms with E-state index in [9.17, 15) is 4.79 Å². The molecule has 1 saturated carbocycles. The quantitative estimate of drug-likeness (QED) is 0.786. The van der Waals surface area contributed by atoms with E-state index in [4.69, 9.17) is 5.73 Å². The standard InChI is InChI=1S/C15H26N4O/c1-11-5-4-6-15(8-11,19(2)3)10-18-14(20)13-7-12(16)9-17-13/h7,9,11,17H,4-6,8,10,16H2,1-3H3,(H,18,20). The molecule has 4 N–H and O–H groups in total. The van der Waals surface area contributed by atoms with E-state index in [1.54, 1.807) is 12.3 Å². The van der Waals surface area contributed by atoms with Gasteiger partial charge < -0.3 is 20.9 Å². The molecule has 0 spiro atoms. The lowest BCUT2D eigenvalue weighted by Crippen LogP contribution is -2.55. The first-order valence-electron chi connectivity index (χ1n) is 7.32. The van der Waals surface area contributed by atoms with Gasteiger partial charge in [-0.2, -0.15) is 0 Å². The molecule has 20 heavy (non-hydrogen) atoms. The monoisotopic (exact) mass is 278 g/mol. The molecule has 1 aromatic rings. The summed E-state index contributed by atoms with van der Waals surface area (Å²) in [6.07, 6.45) is 6.42. The van der Waals surface area contributed by atoms with Crippen LogP contribution < -0.4 is 11.1 Å². The van der Waals surface area contributed by atoms with Gasteiger partial charge in [-0.15, -0.1) is 0 Å². The number of nitrogens with two attached hydrogens (primary N) is 1. The van der Waals surface area contributed by atoms with Gasteiger partial charge in [0.05, 0.1) is 0 Å². The molecule has 2 atom stereocenters. The number of hydrogen-bond acceptors (Lipinski definition) is 3. The number of anilines is 1. The average Bonchev–Trinajstić information content (AvgIpc) is 2.82. The number of nitrogens with zero attached hydrogens (tertiary/aromatic N) is 1. The molecule has 5 nitrogen and oxygen atoms in total. The van der Waals surface area contributed by atoms with E-state index in [0.717, 1.165) is 12.8 Å². The molecule has 1 aliphatic rings.